The minimum Gasteiger partial charge on any atom is -0.380 e. The Morgan fingerprint density at radius 1 is 1.00 bits per heavy atom. The van der Waals surface area contributed by atoms with Gasteiger partial charge in [0.1, 0.15) is 0 Å². The Morgan fingerprint density at radius 2 is 1.44 bits per heavy atom. The summed E-state index contributed by atoms with van der Waals surface area (Å²) in [5.41, 5.74) is 0. The van der Waals surface area contributed by atoms with Crippen LogP contribution < -0.4 is 0 Å². The van der Waals surface area contributed by atoms with Crippen LogP contribution in [0.1, 0.15) is 26.7 Å². The topological polar surface area (TPSA) is 38.8 Å². The summed E-state index contributed by atoms with van der Waals surface area (Å²) in [5, 5.41) is -0.333. The minimum atomic E-state index is -0.333. The molecule has 0 saturated heterocycles. The summed E-state index contributed by atoms with van der Waals surface area (Å²) >= 11 is 4.63. The third kappa shape index (κ3) is 8.88. The quantitative estimate of drug-likeness (QED) is 0.557. The standard InChI is InChI=1S/C11H22NO3S/c1-3-7-14-9-5-12(11(13)16)6-10-15-8-4-2/h3-10H2,1-2H3. The molecule has 0 N–H and O–H groups in total. The number of hydrogen-bond donors (Lipinski definition) is 0. The molecule has 95 valence electrons. The van der Waals surface area contributed by atoms with Gasteiger partial charge < -0.3 is 14.4 Å². The van der Waals surface area contributed by atoms with Gasteiger partial charge in [0.2, 0.25) is 0 Å². The fourth-order valence-corrected chi connectivity index (χ4v) is 1.32. The largest absolute Gasteiger partial charge is 0.380 e. The average Bonchev–Trinajstić information content (AvgIpc) is 2.26. The molecule has 0 rings (SSSR count). The molecule has 0 aromatic carbocycles. The first-order valence-corrected chi connectivity index (χ1v) is 6.24. The monoisotopic (exact) mass is 248 g/mol. The van der Waals surface area contributed by atoms with Crippen LogP contribution in [0.4, 0.5) is 4.79 Å². The molecule has 0 aliphatic carbocycles. The first kappa shape index (κ1) is 15.6. The minimum absolute atomic E-state index is 0.333. The van der Waals surface area contributed by atoms with E-state index in [1.54, 1.807) is 4.90 Å². The van der Waals surface area contributed by atoms with E-state index < -0.39 is 0 Å². The number of ether oxygens (including phenoxy) is 2. The zero-order valence-electron chi connectivity index (χ0n) is 10.2. The van der Waals surface area contributed by atoms with E-state index in [1.807, 2.05) is 0 Å². The molecule has 0 aliphatic rings. The molecule has 0 saturated carbocycles. The molecule has 0 atom stereocenters. The van der Waals surface area contributed by atoms with E-state index in [-0.39, 0.29) is 5.24 Å². The highest BCUT2D eigenvalue weighted by atomic mass is 32.1. The molecular formula is C11H22NO3S. The van der Waals surface area contributed by atoms with Crippen molar-refractivity contribution >= 4 is 17.9 Å². The Labute approximate surface area is 104 Å². The molecule has 4 nitrogen and oxygen atoms in total. The average molecular weight is 248 g/mol. The Balaban J connectivity index is 3.59. The maximum Gasteiger partial charge on any atom is 0.313 e. The predicted octanol–water partition coefficient (Wildman–Crippen LogP) is 2.46. The highest BCUT2D eigenvalue weighted by molar-refractivity contribution is 7.96. The second-order valence-electron chi connectivity index (χ2n) is 3.48. The summed E-state index contributed by atoms with van der Waals surface area (Å²) in [6, 6.07) is 0. The van der Waals surface area contributed by atoms with Crippen molar-refractivity contribution in [1.29, 1.82) is 0 Å². The van der Waals surface area contributed by atoms with Crippen molar-refractivity contribution in [2.45, 2.75) is 26.7 Å². The molecule has 1 amide bonds. The predicted molar refractivity (Wildman–Crippen MR) is 66.8 cm³/mol. The highest BCUT2D eigenvalue weighted by Gasteiger charge is 2.09. The number of rotatable bonds is 10. The first-order chi connectivity index (χ1) is 7.72. The van der Waals surface area contributed by atoms with Gasteiger partial charge in [-0.05, 0) is 25.5 Å². The molecular weight excluding hydrogens is 226 g/mol. The summed E-state index contributed by atoms with van der Waals surface area (Å²) in [6.45, 7) is 7.75. The SMILES string of the molecule is CCCOCCN(CCOCCC)C(=O)[S]. The lowest BCUT2D eigenvalue weighted by molar-refractivity contribution is 0.0897. The Kier molecular flexibility index (Phi) is 10.8. The molecule has 5 heteroatoms. The van der Waals surface area contributed by atoms with Gasteiger partial charge in [0.15, 0.2) is 0 Å². The van der Waals surface area contributed by atoms with Gasteiger partial charge in [0.25, 0.3) is 0 Å². The van der Waals surface area contributed by atoms with Crippen molar-refractivity contribution in [1.82, 2.24) is 4.90 Å². The molecule has 0 aromatic heterocycles. The maximum absolute atomic E-state index is 11.1. The van der Waals surface area contributed by atoms with E-state index in [0.29, 0.717) is 26.3 Å². The smallest absolute Gasteiger partial charge is 0.313 e. The van der Waals surface area contributed by atoms with Crippen LogP contribution in [0.2, 0.25) is 0 Å². The second kappa shape index (κ2) is 11.1. The normalized spacial score (nSPS) is 10.4. The van der Waals surface area contributed by atoms with Gasteiger partial charge in [0, 0.05) is 26.3 Å². The van der Waals surface area contributed by atoms with Crippen LogP contribution in [0.3, 0.4) is 0 Å². The first-order valence-electron chi connectivity index (χ1n) is 5.83. The third-order valence-corrected chi connectivity index (χ3v) is 2.22. The Morgan fingerprint density at radius 3 is 1.75 bits per heavy atom. The van der Waals surface area contributed by atoms with Crippen LogP contribution in [0.15, 0.2) is 0 Å². The van der Waals surface area contributed by atoms with Gasteiger partial charge >= 0.3 is 5.24 Å². The highest BCUT2D eigenvalue weighted by Crippen LogP contribution is 1.97. The van der Waals surface area contributed by atoms with Crippen molar-refractivity contribution in [2.75, 3.05) is 39.5 Å². The molecule has 0 spiro atoms. The van der Waals surface area contributed by atoms with E-state index >= 15 is 0 Å². The van der Waals surface area contributed by atoms with E-state index in [4.69, 9.17) is 9.47 Å². The zero-order chi connectivity index (χ0) is 12.2. The van der Waals surface area contributed by atoms with Crippen molar-refractivity contribution < 1.29 is 14.3 Å². The molecule has 0 aliphatic heterocycles. The van der Waals surface area contributed by atoms with Crippen molar-refractivity contribution in [2.24, 2.45) is 0 Å². The van der Waals surface area contributed by atoms with E-state index in [0.717, 1.165) is 26.1 Å². The zero-order valence-corrected chi connectivity index (χ0v) is 11.1. The van der Waals surface area contributed by atoms with Crippen LogP contribution in [0.25, 0.3) is 0 Å². The van der Waals surface area contributed by atoms with Gasteiger partial charge in [-0.1, -0.05) is 13.8 Å². The molecule has 0 unspecified atom stereocenters. The van der Waals surface area contributed by atoms with Gasteiger partial charge in [-0.25, -0.2) is 0 Å². The summed E-state index contributed by atoms with van der Waals surface area (Å²) in [6.07, 6.45) is 1.98. The van der Waals surface area contributed by atoms with Crippen LogP contribution in [-0.4, -0.2) is 49.7 Å². The lowest BCUT2D eigenvalue weighted by Crippen LogP contribution is -2.33. The van der Waals surface area contributed by atoms with Gasteiger partial charge in [-0.3, -0.25) is 4.79 Å². The molecule has 0 bridgehead atoms. The molecule has 1 radical (unpaired) electrons. The Bertz CT molecular complexity index is 167. The van der Waals surface area contributed by atoms with E-state index in [2.05, 4.69) is 26.5 Å². The van der Waals surface area contributed by atoms with E-state index in [9.17, 15) is 4.79 Å². The van der Waals surface area contributed by atoms with Gasteiger partial charge in [0.05, 0.1) is 13.2 Å². The Hall–Kier alpha value is -0.390. The fourth-order valence-electron chi connectivity index (χ4n) is 1.14. The van der Waals surface area contributed by atoms with Crippen LogP contribution >= 0.6 is 12.6 Å². The number of amides is 1. The van der Waals surface area contributed by atoms with Crippen LogP contribution in [0.5, 0.6) is 0 Å². The van der Waals surface area contributed by atoms with Crippen molar-refractivity contribution in [3.63, 3.8) is 0 Å². The maximum atomic E-state index is 11.1. The van der Waals surface area contributed by atoms with Gasteiger partial charge in [-0.15, -0.1) is 0 Å². The summed E-state index contributed by atoms with van der Waals surface area (Å²) in [4.78, 5) is 12.7. The number of carbonyl (C=O) groups is 1. The lowest BCUT2D eigenvalue weighted by atomic mass is 10.5. The lowest BCUT2D eigenvalue weighted by Gasteiger charge is -2.19. The summed E-state index contributed by atoms with van der Waals surface area (Å²) in [5.74, 6) is 0. The number of carbonyl (C=O) groups excluding carboxylic acids is 1. The van der Waals surface area contributed by atoms with Crippen molar-refractivity contribution in [3.8, 4) is 0 Å². The van der Waals surface area contributed by atoms with Crippen molar-refractivity contribution in [3.05, 3.63) is 0 Å². The number of nitrogens with zero attached hydrogens (tertiary/aromatic N) is 1. The summed E-state index contributed by atoms with van der Waals surface area (Å²) in [7, 11) is 0. The molecule has 0 heterocycles. The fraction of sp³-hybridized carbons (Fsp3) is 0.909. The van der Waals surface area contributed by atoms with Gasteiger partial charge in [-0.2, -0.15) is 0 Å². The second-order valence-corrected chi connectivity index (χ2v) is 3.83. The van der Waals surface area contributed by atoms with Crippen LogP contribution in [-0.2, 0) is 9.47 Å². The molecule has 16 heavy (non-hydrogen) atoms. The number of hydrogen-bond acceptors (Lipinski definition) is 3. The summed E-state index contributed by atoms with van der Waals surface area (Å²) < 4.78 is 10.6. The van der Waals surface area contributed by atoms with E-state index in [1.165, 1.54) is 0 Å². The molecule has 0 aromatic rings. The third-order valence-electron chi connectivity index (χ3n) is 1.97. The van der Waals surface area contributed by atoms with Crippen LogP contribution in [0, 0.1) is 0 Å². The molecule has 0 fully saturated rings.